The second-order valence-electron chi connectivity index (χ2n) is 6.40. The molecule has 2 aromatic carbocycles. The van der Waals surface area contributed by atoms with Crippen LogP contribution in [0.15, 0.2) is 47.4 Å². The van der Waals surface area contributed by atoms with Gasteiger partial charge in [-0.05, 0) is 55.2 Å². The Hall–Kier alpha value is -1.85. The highest BCUT2D eigenvalue weighted by Crippen LogP contribution is 2.48. The molecular weight excluding hydrogens is 322 g/mol. The van der Waals surface area contributed by atoms with Crippen LogP contribution in [0.4, 0.5) is 0 Å². The summed E-state index contributed by atoms with van der Waals surface area (Å²) in [6.45, 7) is 6.28. The fourth-order valence-corrected chi connectivity index (χ4v) is 5.57. The van der Waals surface area contributed by atoms with Gasteiger partial charge in [-0.3, -0.25) is 0 Å². The molecule has 24 heavy (non-hydrogen) atoms. The number of phenols is 1. The van der Waals surface area contributed by atoms with E-state index in [0.717, 1.165) is 16.7 Å². The summed E-state index contributed by atoms with van der Waals surface area (Å²) in [5, 5.41) is 9.89. The number of rotatable bonds is 4. The van der Waals surface area contributed by atoms with Crippen molar-refractivity contribution in [1.29, 1.82) is 0 Å². The minimum Gasteiger partial charge on any atom is -0.508 e. The second kappa shape index (κ2) is 5.90. The first-order valence-corrected chi connectivity index (χ1v) is 9.71. The molecule has 4 nitrogen and oxygen atoms in total. The van der Waals surface area contributed by atoms with Gasteiger partial charge in [-0.2, -0.15) is 4.31 Å². The van der Waals surface area contributed by atoms with Gasteiger partial charge >= 0.3 is 0 Å². The number of hydrogen-bond donors (Lipinski definition) is 1. The van der Waals surface area contributed by atoms with Crippen LogP contribution in [0.1, 0.15) is 43.4 Å². The summed E-state index contributed by atoms with van der Waals surface area (Å²) in [6.07, 6.45) is 1.32. The number of aromatic hydroxyl groups is 1. The molecule has 0 saturated heterocycles. The van der Waals surface area contributed by atoms with Gasteiger partial charge in [0.05, 0.1) is 10.4 Å². The standard InChI is InChI=1S/C19H23NO3S/c1-4-19(5-2)18-12-16(21)9-8-15(18)13-20(19)24(22,23)17-10-6-14(3)7-11-17/h6-12,21H,4-5,13H2,1-3H3. The molecule has 0 amide bonds. The minimum atomic E-state index is -3.62. The van der Waals surface area contributed by atoms with Gasteiger partial charge in [-0.15, -0.1) is 0 Å². The lowest BCUT2D eigenvalue weighted by Crippen LogP contribution is -2.43. The molecule has 2 aromatic rings. The predicted molar refractivity (Wildman–Crippen MR) is 94.3 cm³/mol. The third-order valence-corrected chi connectivity index (χ3v) is 7.09. The van der Waals surface area contributed by atoms with Crippen LogP contribution in [0.2, 0.25) is 0 Å². The first kappa shape index (κ1) is 17.0. The average molecular weight is 345 g/mol. The Labute approximate surface area is 143 Å². The summed E-state index contributed by atoms with van der Waals surface area (Å²) < 4.78 is 28.2. The molecule has 0 atom stereocenters. The Kier molecular flexibility index (Phi) is 4.18. The summed E-state index contributed by atoms with van der Waals surface area (Å²) in [5.74, 6) is 0.176. The number of fused-ring (bicyclic) bond motifs is 1. The first-order chi connectivity index (χ1) is 11.3. The summed E-state index contributed by atoms with van der Waals surface area (Å²) in [7, 11) is -3.62. The Morgan fingerprint density at radius 1 is 1.08 bits per heavy atom. The van der Waals surface area contributed by atoms with E-state index in [9.17, 15) is 13.5 Å². The molecule has 0 radical (unpaired) electrons. The molecule has 0 bridgehead atoms. The molecule has 1 aliphatic heterocycles. The average Bonchev–Trinajstić information content (AvgIpc) is 2.90. The number of aryl methyl sites for hydroxylation is 1. The van der Waals surface area contributed by atoms with E-state index in [2.05, 4.69) is 0 Å². The zero-order valence-corrected chi connectivity index (χ0v) is 15.1. The van der Waals surface area contributed by atoms with Crippen LogP contribution in [0.3, 0.4) is 0 Å². The van der Waals surface area contributed by atoms with E-state index in [1.54, 1.807) is 28.6 Å². The van der Waals surface area contributed by atoms with Gasteiger partial charge in [0.2, 0.25) is 10.0 Å². The van der Waals surface area contributed by atoms with Crippen LogP contribution in [-0.2, 0) is 22.1 Å². The third kappa shape index (κ3) is 2.43. The normalized spacial score (nSPS) is 17.0. The van der Waals surface area contributed by atoms with Crippen molar-refractivity contribution in [1.82, 2.24) is 4.31 Å². The number of phenolic OH excluding ortho intramolecular Hbond substituents is 1. The van der Waals surface area contributed by atoms with Gasteiger partial charge in [0.15, 0.2) is 0 Å². The van der Waals surface area contributed by atoms with Crippen molar-refractivity contribution in [3.05, 3.63) is 59.2 Å². The van der Waals surface area contributed by atoms with Crippen molar-refractivity contribution < 1.29 is 13.5 Å². The van der Waals surface area contributed by atoms with Crippen molar-refractivity contribution in [2.75, 3.05) is 0 Å². The Morgan fingerprint density at radius 2 is 1.71 bits per heavy atom. The van der Waals surface area contributed by atoms with Gasteiger partial charge in [0.25, 0.3) is 0 Å². The van der Waals surface area contributed by atoms with E-state index < -0.39 is 15.6 Å². The largest absolute Gasteiger partial charge is 0.508 e. The SMILES string of the molecule is CCC1(CC)c2cc(O)ccc2CN1S(=O)(=O)c1ccc(C)cc1. The molecule has 3 rings (SSSR count). The maximum Gasteiger partial charge on any atom is 0.244 e. The number of hydrogen-bond acceptors (Lipinski definition) is 3. The Bertz CT molecular complexity index is 853. The molecule has 1 N–H and O–H groups in total. The van der Waals surface area contributed by atoms with Crippen molar-refractivity contribution in [3.8, 4) is 5.75 Å². The molecule has 0 fully saturated rings. The topological polar surface area (TPSA) is 57.6 Å². The fraction of sp³-hybridized carbons (Fsp3) is 0.368. The van der Waals surface area contributed by atoms with E-state index in [4.69, 9.17) is 0 Å². The lowest BCUT2D eigenvalue weighted by atomic mass is 9.85. The first-order valence-electron chi connectivity index (χ1n) is 8.27. The van der Waals surface area contributed by atoms with Crippen LogP contribution >= 0.6 is 0 Å². The number of benzene rings is 2. The molecule has 1 aliphatic rings. The van der Waals surface area contributed by atoms with Crippen LogP contribution in [0.5, 0.6) is 5.75 Å². The number of sulfonamides is 1. The molecule has 0 aliphatic carbocycles. The molecule has 0 spiro atoms. The third-order valence-electron chi connectivity index (χ3n) is 5.16. The minimum absolute atomic E-state index is 0.176. The second-order valence-corrected chi connectivity index (χ2v) is 8.27. The fourth-order valence-electron chi connectivity index (χ4n) is 3.71. The highest BCUT2D eigenvalue weighted by molar-refractivity contribution is 7.89. The van der Waals surface area contributed by atoms with E-state index in [-0.39, 0.29) is 5.75 Å². The monoisotopic (exact) mass is 345 g/mol. The van der Waals surface area contributed by atoms with Gasteiger partial charge in [0.1, 0.15) is 5.75 Å². The highest BCUT2D eigenvalue weighted by atomic mass is 32.2. The molecule has 0 aromatic heterocycles. The molecule has 0 unspecified atom stereocenters. The van der Waals surface area contributed by atoms with Gasteiger partial charge in [0, 0.05) is 6.54 Å². The molecular formula is C19H23NO3S. The summed E-state index contributed by atoms with van der Waals surface area (Å²) >= 11 is 0. The van der Waals surface area contributed by atoms with E-state index in [0.29, 0.717) is 24.3 Å². The Morgan fingerprint density at radius 3 is 2.29 bits per heavy atom. The molecule has 0 saturated carbocycles. The summed E-state index contributed by atoms with van der Waals surface area (Å²) in [4.78, 5) is 0.316. The lowest BCUT2D eigenvalue weighted by Gasteiger charge is -2.37. The maximum absolute atomic E-state index is 13.3. The molecule has 1 heterocycles. The quantitative estimate of drug-likeness (QED) is 0.914. The van der Waals surface area contributed by atoms with E-state index in [1.165, 1.54) is 0 Å². The van der Waals surface area contributed by atoms with Crippen LogP contribution < -0.4 is 0 Å². The van der Waals surface area contributed by atoms with Crippen LogP contribution in [0, 0.1) is 6.92 Å². The Balaban J connectivity index is 2.16. The van der Waals surface area contributed by atoms with Crippen LogP contribution in [-0.4, -0.2) is 17.8 Å². The van der Waals surface area contributed by atoms with E-state index >= 15 is 0 Å². The molecule has 128 valence electrons. The van der Waals surface area contributed by atoms with Crippen molar-refractivity contribution in [2.24, 2.45) is 0 Å². The van der Waals surface area contributed by atoms with Crippen LogP contribution in [0.25, 0.3) is 0 Å². The van der Waals surface area contributed by atoms with Crippen molar-refractivity contribution >= 4 is 10.0 Å². The maximum atomic E-state index is 13.3. The van der Waals surface area contributed by atoms with Crippen molar-refractivity contribution in [2.45, 2.75) is 50.6 Å². The zero-order valence-electron chi connectivity index (χ0n) is 14.3. The summed E-state index contributed by atoms with van der Waals surface area (Å²) in [5.41, 5.74) is 2.30. The molecule has 5 heteroatoms. The number of nitrogens with zero attached hydrogens (tertiary/aromatic N) is 1. The van der Waals surface area contributed by atoms with Gasteiger partial charge < -0.3 is 5.11 Å². The smallest absolute Gasteiger partial charge is 0.244 e. The lowest BCUT2D eigenvalue weighted by molar-refractivity contribution is 0.191. The highest BCUT2D eigenvalue weighted by Gasteiger charge is 2.48. The predicted octanol–water partition coefficient (Wildman–Crippen LogP) is 3.92. The summed E-state index contributed by atoms with van der Waals surface area (Å²) in [6, 6.07) is 12.1. The zero-order chi connectivity index (χ0) is 17.5. The van der Waals surface area contributed by atoms with E-state index in [1.807, 2.05) is 39.0 Å². The van der Waals surface area contributed by atoms with Crippen molar-refractivity contribution in [3.63, 3.8) is 0 Å². The van der Waals surface area contributed by atoms with Gasteiger partial charge in [-0.25, -0.2) is 8.42 Å². The van der Waals surface area contributed by atoms with Gasteiger partial charge in [-0.1, -0.05) is 37.6 Å².